The topological polar surface area (TPSA) is 9.23 Å². The van der Waals surface area contributed by atoms with Crippen molar-refractivity contribution in [3.05, 3.63) is 0 Å². The van der Waals surface area contributed by atoms with E-state index in [0.29, 0.717) is 0 Å². The van der Waals surface area contributed by atoms with Gasteiger partial charge in [-0.25, -0.2) is 0 Å². The zero-order valence-electron chi connectivity index (χ0n) is 7.51. The Labute approximate surface area is 75.9 Å². The average Bonchev–Trinajstić information content (AvgIpc) is 2.03. The maximum atomic E-state index is 4.96. The van der Waals surface area contributed by atoms with Gasteiger partial charge in [0, 0.05) is 13.7 Å². The number of hydrogen-bond donors (Lipinski definition) is 1. The maximum absolute atomic E-state index is 4.96. The van der Waals surface area contributed by atoms with E-state index in [4.69, 9.17) is 4.74 Å². The quantitative estimate of drug-likeness (QED) is 0.442. The number of ether oxygens (including phenoxy) is 1. The Morgan fingerprint density at radius 1 is 0.909 bits per heavy atom. The van der Waals surface area contributed by atoms with Gasteiger partial charge in [-0.05, 0) is 18.6 Å². The van der Waals surface area contributed by atoms with Crippen LogP contribution < -0.4 is 0 Å². The fourth-order valence-electron chi connectivity index (χ4n) is 1.07. The largest absolute Gasteiger partial charge is 0.385 e. The lowest BCUT2D eigenvalue weighted by atomic mass is 10.1. The van der Waals surface area contributed by atoms with Gasteiger partial charge in [-0.1, -0.05) is 25.7 Å². The van der Waals surface area contributed by atoms with Crippen molar-refractivity contribution >= 4 is 12.6 Å². The van der Waals surface area contributed by atoms with Gasteiger partial charge in [-0.2, -0.15) is 12.6 Å². The molecule has 0 amide bonds. The third-order valence-electron chi connectivity index (χ3n) is 1.76. The first-order chi connectivity index (χ1) is 5.41. The lowest BCUT2D eigenvalue weighted by Gasteiger charge is -1.99. The number of unbranched alkanes of at least 4 members (excludes halogenated alkanes) is 5. The highest BCUT2D eigenvalue weighted by molar-refractivity contribution is 7.80. The van der Waals surface area contributed by atoms with E-state index in [1.165, 1.54) is 38.5 Å². The highest BCUT2D eigenvalue weighted by Crippen LogP contribution is 2.05. The van der Waals surface area contributed by atoms with Gasteiger partial charge in [0.15, 0.2) is 0 Å². The molecule has 0 unspecified atom stereocenters. The van der Waals surface area contributed by atoms with Crippen LogP contribution in [0.5, 0.6) is 0 Å². The van der Waals surface area contributed by atoms with Gasteiger partial charge in [-0.15, -0.1) is 0 Å². The van der Waals surface area contributed by atoms with E-state index >= 15 is 0 Å². The first-order valence-electron chi connectivity index (χ1n) is 4.51. The Balaban J connectivity index is 2.69. The number of hydrogen-bond acceptors (Lipinski definition) is 2. The minimum atomic E-state index is 0.923. The van der Waals surface area contributed by atoms with Crippen molar-refractivity contribution in [1.82, 2.24) is 0 Å². The molecule has 0 saturated carbocycles. The third-order valence-corrected chi connectivity index (χ3v) is 2.07. The summed E-state index contributed by atoms with van der Waals surface area (Å²) in [5.41, 5.74) is 0. The number of rotatable bonds is 8. The number of thiol groups is 1. The Hall–Kier alpha value is 0.310. The molecule has 0 rings (SSSR count). The standard InChI is InChI=1S/C9H20OS/c1-10-8-6-4-2-3-5-7-9-11/h11H,2-9H2,1H3. The summed E-state index contributed by atoms with van der Waals surface area (Å²) in [7, 11) is 1.76. The van der Waals surface area contributed by atoms with Crippen LogP contribution in [0.4, 0.5) is 0 Å². The second-order valence-electron chi connectivity index (χ2n) is 2.84. The van der Waals surface area contributed by atoms with Crippen LogP contribution in [0.2, 0.25) is 0 Å². The second-order valence-corrected chi connectivity index (χ2v) is 3.28. The van der Waals surface area contributed by atoms with Crippen molar-refractivity contribution in [2.75, 3.05) is 19.5 Å². The van der Waals surface area contributed by atoms with Gasteiger partial charge in [0.1, 0.15) is 0 Å². The molecule has 0 aliphatic rings. The highest BCUT2D eigenvalue weighted by Gasteiger charge is 1.89. The Morgan fingerprint density at radius 2 is 1.45 bits per heavy atom. The zero-order chi connectivity index (χ0) is 8.36. The molecule has 2 heteroatoms. The highest BCUT2D eigenvalue weighted by atomic mass is 32.1. The monoisotopic (exact) mass is 176 g/mol. The molecule has 0 N–H and O–H groups in total. The summed E-state index contributed by atoms with van der Waals surface area (Å²) in [6.45, 7) is 0.923. The fourth-order valence-corrected chi connectivity index (χ4v) is 1.29. The van der Waals surface area contributed by atoms with Gasteiger partial charge in [0.2, 0.25) is 0 Å². The minimum Gasteiger partial charge on any atom is -0.385 e. The molecule has 1 nitrogen and oxygen atoms in total. The van der Waals surface area contributed by atoms with Gasteiger partial charge in [0.05, 0.1) is 0 Å². The van der Waals surface area contributed by atoms with Crippen LogP contribution in [0.25, 0.3) is 0 Å². The molecule has 0 fully saturated rings. The molecule has 0 aromatic carbocycles. The fraction of sp³-hybridized carbons (Fsp3) is 1.00. The zero-order valence-corrected chi connectivity index (χ0v) is 8.41. The maximum Gasteiger partial charge on any atom is 0.0462 e. The molecule has 0 radical (unpaired) electrons. The van der Waals surface area contributed by atoms with Gasteiger partial charge in [0.25, 0.3) is 0 Å². The van der Waals surface area contributed by atoms with Crippen LogP contribution in [0, 0.1) is 0 Å². The van der Waals surface area contributed by atoms with Crippen molar-refractivity contribution in [2.24, 2.45) is 0 Å². The molecular formula is C9H20OS. The Morgan fingerprint density at radius 3 is 2.00 bits per heavy atom. The van der Waals surface area contributed by atoms with E-state index in [1.807, 2.05) is 0 Å². The predicted octanol–water partition coefficient (Wildman–Crippen LogP) is 2.90. The molecule has 11 heavy (non-hydrogen) atoms. The molecule has 0 aliphatic heterocycles. The summed E-state index contributed by atoms with van der Waals surface area (Å²) in [6, 6.07) is 0. The van der Waals surface area contributed by atoms with Gasteiger partial charge < -0.3 is 4.74 Å². The molecule has 0 heterocycles. The molecule has 0 aliphatic carbocycles. The summed E-state index contributed by atoms with van der Waals surface area (Å²) in [5, 5.41) is 0. The van der Waals surface area contributed by atoms with E-state index in [-0.39, 0.29) is 0 Å². The van der Waals surface area contributed by atoms with E-state index in [0.717, 1.165) is 12.4 Å². The normalized spacial score (nSPS) is 10.4. The Kier molecular flexibility index (Phi) is 10.6. The lowest BCUT2D eigenvalue weighted by Crippen LogP contribution is -1.88. The van der Waals surface area contributed by atoms with Crippen molar-refractivity contribution in [3.63, 3.8) is 0 Å². The van der Waals surface area contributed by atoms with E-state index < -0.39 is 0 Å². The summed E-state index contributed by atoms with van der Waals surface area (Å²) in [4.78, 5) is 0. The average molecular weight is 176 g/mol. The minimum absolute atomic E-state index is 0.923. The van der Waals surface area contributed by atoms with Crippen molar-refractivity contribution in [1.29, 1.82) is 0 Å². The van der Waals surface area contributed by atoms with Crippen molar-refractivity contribution in [2.45, 2.75) is 38.5 Å². The van der Waals surface area contributed by atoms with E-state index in [2.05, 4.69) is 12.6 Å². The predicted molar refractivity (Wildman–Crippen MR) is 53.4 cm³/mol. The summed E-state index contributed by atoms with van der Waals surface area (Å²) in [6.07, 6.45) is 7.88. The second kappa shape index (κ2) is 10.3. The SMILES string of the molecule is COCCCCCCCCS. The van der Waals surface area contributed by atoms with Crippen LogP contribution in [-0.2, 0) is 4.74 Å². The van der Waals surface area contributed by atoms with Gasteiger partial charge in [-0.3, -0.25) is 0 Å². The molecule has 68 valence electrons. The smallest absolute Gasteiger partial charge is 0.0462 e. The summed E-state index contributed by atoms with van der Waals surface area (Å²) < 4.78 is 4.96. The number of methoxy groups -OCH3 is 1. The molecule has 0 spiro atoms. The molecule has 0 saturated heterocycles. The summed E-state index contributed by atoms with van der Waals surface area (Å²) >= 11 is 4.16. The third kappa shape index (κ3) is 10.3. The summed E-state index contributed by atoms with van der Waals surface area (Å²) in [5.74, 6) is 1.04. The van der Waals surface area contributed by atoms with Crippen molar-refractivity contribution in [3.8, 4) is 0 Å². The van der Waals surface area contributed by atoms with E-state index in [1.54, 1.807) is 7.11 Å². The molecule has 0 atom stereocenters. The lowest BCUT2D eigenvalue weighted by molar-refractivity contribution is 0.192. The van der Waals surface area contributed by atoms with Crippen LogP contribution in [0.1, 0.15) is 38.5 Å². The van der Waals surface area contributed by atoms with Crippen LogP contribution in [-0.4, -0.2) is 19.5 Å². The first-order valence-corrected chi connectivity index (χ1v) is 5.15. The molecular weight excluding hydrogens is 156 g/mol. The molecule has 0 bridgehead atoms. The van der Waals surface area contributed by atoms with Gasteiger partial charge >= 0.3 is 0 Å². The molecule has 0 aromatic rings. The first kappa shape index (κ1) is 11.3. The van der Waals surface area contributed by atoms with Crippen LogP contribution >= 0.6 is 12.6 Å². The molecule has 0 aromatic heterocycles. The van der Waals surface area contributed by atoms with Crippen LogP contribution in [0.15, 0.2) is 0 Å². The Bertz CT molecular complexity index is 58.6. The van der Waals surface area contributed by atoms with Crippen LogP contribution in [0.3, 0.4) is 0 Å². The van der Waals surface area contributed by atoms with E-state index in [9.17, 15) is 0 Å². The van der Waals surface area contributed by atoms with Crippen molar-refractivity contribution < 1.29 is 4.74 Å².